The molecule has 0 spiro atoms. The number of nitrogens with zero attached hydrogens (tertiary/aromatic N) is 1. The first-order valence-electron chi connectivity index (χ1n) is 10.1. The van der Waals surface area contributed by atoms with Crippen LogP contribution in [0.5, 0.6) is 5.75 Å². The largest absolute Gasteiger partial charge is 0.506 e. The van der Waals surface area contributed by atoms with Crippen LogP contribution in [0.15, 0.2) is 97.1 Å². The summed E-state index contributed by atoms with van der Waals surface area (Å²) in [6.45, 7) is 0. The van der Waals surface area contributed by atoms with Crippen molar-refractivity contribution in [2.75, 3.05) is 4.90 Å². The Kier molecular flexibility index (Phi) is 4.47. The lowest BCUT2D eigenvalue weighted by molar-refractivity contribution is -0.122. The van der Waals surface area contributed by atoms with Gasteiger partial charge in [0.2, 0.25) is 11.8 Å². The number of amides is 2. The topological polar surface area (TPSA) is 57.6 Å². The van der Waals surface area contributed by atoms with Crippen LogP contribution < -0.4 is 4.90 Å². The highest BCUT2D eigenvalue weighted by atomic mass is 16.3. The van der Waals surface area contributed by atoms with Gasteiger partial charge in [0.25, 0.3) is 0 Å². The van der Waals surface area contributed by atoms with Gasteiger partial charge in [-0.05, 0) is 23.3 Å². The molecule has 2 amide bonds. The van der Waals surface area contributed by atoms with E-state index in [0.717, 1.165) is 11.1 Å². The molecule has 5 rings (SSSR count). The summed E-state index contributed by atoms with van der Waals surface area (Å²) >= 11 is 0. The van der Waals surface area contributed by atoms with Crippen molar-refractivity contribution in [1.29, 1.82) is 0 Å². The number of fused-ring (bicyclic) bond motifs is 1. The molecule has 0 saturated carbocycles. The van der Waals surface area contributed by atoms with E-state index in [9.17, 15) is 14.7 Å². The van der Waals surface area contributed by atoms with Crippen LogP contribution in [0.4, 0.5) is 5.69 Å². The number of para-hydroxylation sites is 2. The Balaban J connectivity index is 1.65. The molecule has 1 saturated heterocycles. The molecule has 148 valence electrons. The van der Waals surface area contributed by atoms with Crippen molar-refractivity contribution in [3.8, 4) is 5.75 Å². The van der Waals surface area contributed by atoms with E-state index in [1.807, 2.05) is 60.7 Å². The Hall–Kier alpha value is -3.66. The van der Waals surface area contributed by atoms with Gasteiger partial charge in [0.1, 0.15) is 5.75 Å². The van der Waals surface area contributed by atoms with Gasteiger partial charge in [-0.25, -0.2) is 4.90 Å². The summed E-state index contributed by atoms with van der Waals surface area (Å²) in [5.41, 5.74) is 2.27. The maximum absolute atomic E-state index is 13.6. The minimum Gasteiger partial charge on any atom is -0.506 e. The number of phenols is 1. The second-order valence-electron chi connectivity index (χ2n) is 7.81. The summed E-state index contributed by atoms with van der Waals surface area (Å²) in [6, 6.07) is 26.2. The molecule has 4 atom stereocenters. The Bertz CT molecular complexity index is 1060. The van der Waals surface area contributed by atoms with Crippen molar-refractivity contribution < 1.29 is 14.7 Å². The summed E-state index contributed by atoms with van der Waals surface area (Å²) in [7, 11) is 0. The van der Waals surface area contributed by atoms with Crippen molar-refractivity contribution in [2.45, 2.75) is 11.8 Å². The normalized spacial score (nSPS) is 25.4. The highest BCUT2D eigenvalue weighted by Gasteiger charge is 2.55. The van der Waals surface area contributed by atoms with Crippen molar-refractivity contribution in [3.05, 3.63) is 108 Å². The van der Waals surface area contributed by atoms with E-state index in [1.165, 1.54) is 11.0 Å². The fourth-order valence-corrected chi connectivity index (χ4v) is 4.82. The van der Waals surface area contributed by atoms with Gasteiger partial charge in [-0.15, -0.1) is 0 Å². The predicted octanol–water partition coefficient (Wildman–Crippen LogP) is 4.64. The third-order valence-corrected chi connectivity index (χ3v) is 6.19. The molecule has 0 bridgehead atoms. The molecular weight excluding hydrogens is 374 g/mol. The van der Waals surface area contributed by atoms with Gasteiger partial charge in [0, 0.05) is 11.8 Å². The second kappa shape index (κ2) is 7.30. The SMILES string of the molecule is O=C1[C@H]2[C@H](C(=O)N1c1ccccc1O)[C@H](c1ccccc1)C=C[C@@H]2c1ccccc1. The monoisotopic (exact) mass is 395 g/mol. The molecule has 3 aromatic rings. The number of phenolic OH excluding ortho intramolecular Hbond substituents is 1. The van der Waals surface area contributed by atoms with Crippen molar-refractivity contribution in [1.82, 2.24) is 0 Å². The van der Waals surface area contributed by atoms with Crippen LogP contribution in [0.25, 0.3) is 0 Å². The lowest BCUT2D eigenvalue weighted by Gasteiger charge is -2.32. The number of aromatic hydroxyl groups is 1. The van der Waals surface area contributed by atoms with Crippen LogP contribution in [-0.2, 0) is 9.59 Å². The number of anilines is 1. The van der Waals surface area contributed by atoms with Gasteiger partial charge in [-0.1, -0.05) is 84.9 Å². The minimum atomic E-state index is -0.519. The average molecular weight is 395 g/mol. The maximum atomic E-state index is 13.6. The summed E-state index contributed by atoms with van der Waals surface area (Å²) in [5.74, 6) is -2.01. The zero-order valence-electron chi connectivity index (χ0n) is 16.3. The zero-order valence-corrected chi connectivity index (χ0v) is 16.3. The minimum absolute atomic E-state index is 0.0710. The summed E-state index contributed by atoms with van der Waals surface area (Å²) in [6.07, 6.45) is 4.13. The van der Waals surface area contributed by atoms with Crippen molar-refractivity contribution >= 4 is 17.5 Å². The van der Waals surface area contributed by atoms with E-state index in [2.05, 4.69) is 12.2 Å². The highest BCUT2D eigenvalue weighted by molar-refractivity contribution is 6.23. The molecule has 2 aliphatic rings. The standard InChI is InChI=1S/C26H21NO3/c28-22-14-8-7-13-21(22)27-25(29)23-19(17-9-3-1-4-10-17)15-16-20(24(23)26(27)30)18-11-5-2-6-12-18/h1-16,19-20,23-24,28H/t19-,20+,23-,24-/m1/s1. The van der Waals surface area contributed by atoms with Gasteiger partial charge >= 0.3 is 0 Å². The number of hydrogen-bond donors (Lipinski definition) is 1. The molecule has 1 fully saturated rings. The van der Waals surface area contributed by atoms with Crippen molar-refractivity contribution in [3.63, 3.8) is 0 Å². The summed E-state index contributed by atoms with van der Waals surface area (Å²) in [5, 5.41) is 10.3. The molecule has 1 heterocycles. The number of allylic oxidation sites excluding steroid dienone is 2. The molecule has 0 radical (unpaired) electrons. The third-order valence-electron chi connectivity index (χ3n) is 6.19. The van der Waals surface area contributed by atoms with Crippen LogP contribution in [0, 0.1) is 11.8 Å². The quantitative estimate of drug-likeness (QED) is 0.519. The Morgan fingerprint density at radius 3 is 1.50 bits per heavy atom. The van der Waals surface area contributed by atoms with Crippen LogP contribution in [0.3, 0.4) is 0 Å². The van der Waals surface area contributed by atoms with E-state index >= 15 is 0 Å². The van der Waals surface area contributed by atoms with Crippen LogP contribution in [0.1, 0.15) is 23.0 Å². The Morgan fingerprint density at radius 1 is 0.600 bits per heavy atom. The van der Waals surface area contributed by atoms with Gasteiger partial charge < -0.3 is 5.11 Å². The highest BCUT2D eigenvalue weighted by Crippen LogP contribution is 2.50. The maximum Gasteiger partial charge on any atom is 0.238 e. The zero-order chi connectivity index (χ0) is 20.7. The van der Waals surface area contributed by atoms with E-state index in [-0.39, 0.29) is 35.1 Å². The molecular formula is C26H21NO3. The van der Waals surface area contributed by atoms with Gasteiger partial charge in [0.15, 0.2) is 0 Å². The van der Waals surface area contributed by atoms with Crippen LogP contribution in [0.2, 0.25) is 0 Å². The Morgan fingerprint density at radius 2 is 1.03 bits per heavy atom. The van der Waals surface area contributed by atoms with Crippen LogP contribution >= 0.6 is 0 Å². The van der Waals surface area contributed by atoms with Gasteiger partial charge in [0.05, 0.1) is 17.5 Å². The molecule has 1 aliphatic heterocycles. The average Bonchev–Trinajstić information content (AvgIpc) is 3.06. The smallest absolute Gasteiger partial charge is 0.238 e. The number of rotatable bonds is 3. The van der Waals surface area contributed by atoms with Crippen LogP contribution in [-0.4, -0.2) is 16.9 Å². The van der Waals surface area contributed by atoms with E-state index in [1.54, 1.807) is 18.2 Å². The lowest BCUT2D eigenvalue weighted by atomic mass is 9.68. The Labute approximate surface area is 175 Å². The fraction of sp³-hybridized carbons (Fsp3) is 0.154. The number of carbonyl (C=O) groups is 2. The molecule has 1 aliphatic carbocycles. The first kappa shape index (κ1) is 18.4. The molecule has 0 unspecified atom stereocenters. The van der Waals surface area contributed by atoms with Gasteiger partial charge in [-0.3, -0.25) is 9.59 Å². The number of carbonyl (C=O) groups excluding carboxylic acids is 2. The van der Waals surface area contributed by atoms with E-state index in [0.29, 0.717) is 0 Å². The molecule has 3 aromatic carbocycles. The fourth-order valence-electron chi connectivity index (χ4n) is 4.82. The first-order chi connectivity index (χ1) is 14.7. The molecule has 4 heteroatoms. The van der Waals surface area contributed by atoms with Gasteiger partial charge in [-0.2, -0.15) is 0 Å². The summed E-state index contributed by atoms with van der Waals surface area (Å²) < 4.78 is 0. The molecule has 4 nitrogen and oxygen atoms in total. The number of benzene rings is 3. The van der Waals surface area contributed by atoms with Crippen molar-refractivity contribution in [2.24, 2.45) is 11.8 Å². The van der Waals surface area contributed by atoms with E-state index in [4.69, 9.17) is 0 Å². The predicted molar refractivity (Wildman–Crippen MR) is 115 cm³/mol. The molecule has 30 heavy (non-hydrogen) atoms. The number of hydrogen-bond acceptors (Lipinski definition) is 3. The lowest BCUT2D eigenvalue weighted by Crippen LogP contribution is -2.31. The summed E-state index contributed by atoms with van der Waals surface area (Å²) in [4.78, 5) is 28.4. The van der Waals surface area contributed by atoms with E-state index < -0.39 is 11.8 Å². The number of imide groups is 1. The second-order valence-corrected chi connectivity index (χ2v) is 7.81. The molecule has 0 aromatic heterocycles. The molecule has 1 N–H and O–H groups in total. The third kappa shape index (κ3) is 2.84. The first-order valence-corrected chi connectivity index (χ1v) is 10.1.